The van der Waals surface area contributed by atoms with Crippen LogP contribution in [0.3, 0.4) is 0 Å². The summed E-state index contributed by atoms with van der Waals surface area (Å²) in [6.07, 6.45) is 1.01. The van der Waals surface area contributed by atoms with Gasteiger partial charge in [0, 0.05) is 5.69 Å². The lowest BCUT2D eigenvalue weighted by Gasteiger charge is -2.06. The lowest BCUT2D eigenvalue weighted by atomic mass is 10.1. The van der Waals surface area contributed by atoms with E-state index in [9.17, 15) is 4.79 Å². The molecule has 1 amide bonds. The Hall–Kier alpha value is -0.960. The number of benzene rings is 1. The summed E-state index contributed by atoms with van der Waals surface area (Å²) in [6, 6.07) is 5.98. The third-order valence-electron chi connectivity index (χ3n) is 1.94. The fourth-order valence-corrected chi connectivity index (χ4v) is 1.32. The van der Waals surface area contributed by atoms with Crippen molar-refractivity contribution in [1.82, 2.24) is 0 Å². The molecule has 1 aromatic rings. The minimum absolute atomic E-state index is 0.327. The first-order chi connectivity index (χ1) is 6.13. The van der Waals surface area contributed by atoms with Gasteiger partial charge in [0.1, 0.15) is 0 Å². The Kier molecular flexibility index (Phi) is 3.37. The van der Waals surface area contributed by atoms with Crippen molar-refractivity contribution >= 4 is 23.6 Å². The third kappa shape index (κ3) is 2.77. The fourth-order valence-electron chi connectivity index (χ4n) is 1.20. The molecule has 0 aliphatic carbocycles. The van der Waals surface area contributed by atoms with E-state index in [0.29, 0.717) is 0 Å². The molecule has 0 aliphatic heterocycles. The first-order valence-corrected chi connectivity index (χ1v) is 4.67. The Morgan fingerprint density at radius 3 is 2.69 bits per heavy atom. The van der Waals surface area contributed by atoms with Crippen molar-refractivity contribution in [2.75, 3.05) is 5.32 Å². The monoisotopic (exact) mass is 195 g/mol. The zero-order valence-electron chi connectivity index (χ0n) is 7.79. The number of nitrogens with one attached hydrogen (secondary N) is 1. The van der Waals surface area contributed by atoms with Gasteiger partial charge in [-0.05, 0) is 30.5 Å². The highest BCUT2D eigenvalue weighted by Gasteiger charge is 2.00. The van der Waals surface area contributed by atoms with Crippen LogP contribution >= 0.6 is 12.6 Å². The fraction of sp³-hybridized carbons (Fsp3) is 0.300. The number of anilines is 1. The second-order valence-electron chi connectivity index (χ2n) is 2.93. The molecule has 13 heavy (non-hydrogen) atoms. The van der Waals surface area contributed by atoms with Crippen LogP contribution in [0.2, 0.25) is 0 Å². The summed E-state index contributed by atoms with van der Waals surface area (Å²) in [4.78, 5) is 10.7. The van der Waals surface area contributed by atoms with Crippen molar-refractivity contribution < 1.29 is 4.79 Å². The normalized spacial score (nSPS) is 9.77. The van der Waals surface area contributed by atoms with Gasteiger partial charge in [0.2, 0.25) is 0 Å². The number of hydrogen-bond donors (Lipinski definition) is 2. The molecule has 2 nitrogen and oxygen atoms in total. The van der Waals surface area contributed by atoms with E-state index in [2.05, 4.69) is 30.9 Å². The topological polar surface area (TPSA) is 29.1 Å². The van der Waals surface area contributed by atoms with Crippen LogP contribution < -0.4 is 5.32 Å². The average molecular weight is 195 g/mol. The Morgan fingerprint density at radius 2 is 2.23 bits per heavy atom. The summed E-state index contributed by atoms with van der Waals surface area (Å²) in [5.41, 5.74) is 3.17. The second kappa shape index (κ2) is 4.33. The van der Waals surface area contributed by atoms with E-state index in [1.165, 1.54) is 5.56 Å². The Balaban J connectivity index is 2.91. The molecule has 0 radical (unpaired) electrons. The van der Waals surface area contributed by atoms with Crippen LogP contribution in [0.4, 0.5) is 10.5 Å². The predicted molar refractivity (Wildman–Crippen MR) is 58.6 cm³/mol. The minimum atomic E-state index is -0.327. The van der Waals surface area contributed by atoms with E-state index in [-0.39, 0.29) is 5.24 Å². The van der Waals surface area contributed by atoms with E-state index < -0.39 is 0 Å². The summed E-state index contributed by atoms with van der Waals surface area (Å²) in [6.45, 7) is 4.07. The molecule has 0 heterocycles. The van der Waals surface area contributed by atoms with Gasteiger partial charge < -0.3 is 5.32 Å². The van der Waals surface area contributed by atoms with E-state index >= 15 is 0 Å². The molecule has 1 N–H and O–H groups in total. The number of aryl methyl sites for hydroxylation is 2. The Bertz CT molecular complexity index is 323. The van der Waals surface area contributed by atoms with Crippen LogP contribution in [0.5, 0.6) is 0 Å². The lowest BCUT2D eigenvalue weighted by Crippen LogP contribution is -2.02. The van der Waals surface area contributed by atoms with Crippen LogP contribution in [-0.4, -0.2) is 5.24 Å². The summed E-state index contributed by atoms with van der Waals surface area (Å²) < 4.78 is 0. The number of amides is 1. The average Bonchev–Trinajstić information content (AvgIpc) is 2.08. The molecule has 0 unspecified atom stereocenters. The molecule has 3 heteroatoms. The van der Waals surface area contributed by atoms with Crippen molar-refractivity contribution in [3.8, 4) is 0 Å². The summed E-state index contributed by atoms with van der Waals surface area (Å²) in [5, 5.41) is 2.32. The zero-order chi connectivity index (χ0) is 9.84. The Labute approximate surface area is 83.8 Å². The summed E-state index contributed by atoms with van der Waals surface area (Å²) in [5.74, 6) is 0. The maximum Gasteiger partial charge on any atom is 0.280 e. The molecule has 0 atom stereocenters. The van der Waals surface area contributed by atoms with Gasteiger partial charge in [0.05, 0.1) is 0 Å². The largest absolute Gasteiger partial charge is 0.317 e. The number of carbonyl (C=O) groups excluding carboxylic acids is 1. The maximum absolute atomic E-state index is 10.7. The Morgan fingerprint density at radius 1 is 1.54 bits per heavy atom. The van der Waals surface area contributed by atoms with E-state index in [4.69, 9.17) is 0 Å². The molecule has 1 aromatic carbocycles. The summed E-state index contributed by atoms with van der Waals surface area (Å²) >= 11 is 3.66. The van der Waals surface area contributed by atoms with Crippen molar-refractivity contribution in [3.63, 3.8) is 0 Å². The molecule has 0 saturated carbocycles. The number of carbonyl (C=O) groups is 1. The quantitative estimate of drug-likeness (QED) is 0.698. The molecular formula is C10H13NOS. The smallest absolute Gasteiger partial charge is 0.280 e. The molecule has 70 valence electrons. The highest BCUT2D eigenvalue weighted by Crippen LogP contribution is 2.17. The van der Waals surface area contributed by atoms with E-state index in [1.807, 2.05) is 19.1 Å². The highest BCUT2D eigenvalue weighted by atomic mass is 32.1. The van der Waals surface area contributed by atoms with Crippen LogP contribution in [-0.2, 0) is 6.42 Å². The van der Waals surface area contributed by atoms with Gasteiger partial charge in [-0.3, -0.25) is 4.79 Å². The van der Waals surface area contributed by atoms with Crippen molar-refractivity contribution in [2.45, 2.75) is 20.3 Å². The standard InChI is InChI=1S/C10H13NOS/c1-3-8-4-5-9(7(2)6-8)11-10(12)13/h4-6H,3H2,1-2H3,(H2,11,12,13). The first kappa shape index (κ1) is 10.1. The second-order valence-corrected chi connectivity index (χ2v) is 3.34. The predicted octanol–water partition coefficient (Wildman–Crippen LogP) is 3.02. The van der Waals surface area contributed by atoms with Crippen LogP contribution in [0.15, 0.2) is 18.2 Å². The third-order valence-corrected chi connectivity index (χ3v) is 2.05. The van der Waals surface area contributed by atoms with Crippen molar-refractivity contribution in [3.05, 3.63) is 29.3 Å². The van der Waals surface area contributed by atoms with Gasteiger partial charge in [-0.2, -0.15) is 0 Å². The lowest BCUT2D eigenvalue weighted by molar-refractivity contribution is 0.270. The van der Waals surface area contributed by atoms with Gasteiger partial charge in [0.25, 0.3) is 5.24 Å². The zero-order valence-corrected chi connectivity index (χ0v) is 8.69. The molecule has 0 aromatic heterocycles. The molecule has 0 spiro atoms. The van der Waals surface area contributed by atoms with Gasteiger partial charge in [-0.1, -0.05) is 31.7 Å². The van der Waals surface area contributed by atoms with E-state index in [0.717, 1.165) is 17.7 Å². The first-order valence-electron chi connectivity index (χ1n) is 4.23. The minimum Gasteiger partial charge on any atom is -0.317 e. The molecule has 0 aliphatic rings. The number of rotatable bonds is 2. The van der Waals surface area contributed by atoms with Gasteiger partial charge in [0.15, 0.2) is 0 Å². The molecule has 0 saturated heterocycles. The van der Waals surface area contributed by atoms with Crippen LogP contribution in [0.1, 0.15) is 18.1 Å². The van der Waals surface area contributed by atoms with Gasteiger partial charge in [-0.25, -0.2) is 0 Å². The van der Waals surface area contributed by atoms with Gasteiger partial charge in [-0.15, -0.1) is 0 Å². The maximum atomic E-state index is 10.7. The molecule has 1 rings (SSSR count). The number of thiol groups is 1. The van der Waals surface area contributed by atoms with E-state index in [1.54, 1.807) is 0 Å². The van der Waals surface area contributed by atoms with Crippen molar-refractivity contribution in [2.24, 2.45) is 0 Å². The SMILES string of the molecule is CCc1ccc(NC(=O)S)c(C)c1. The molecule has 0 bridgehead atoms. The van der Waals surface area contributed by atoms with Crippen LogP contribution in [0, 0.1) is 6.92 Å². The van der Waals surface area contributed by atoms with Gasteiger partial charge >= 0.3 is 0 Å². The van der Waals surface area contributed by atoms with Crippen molar-refractivity contribution in [1.29, 1.82) is 0 Å². The highest BCUT2D eigenvalue weighted by molar-refractivity contribution is 7.96. The molecular weight excluding hydrogens is 182 g/mol. The number of hydrogen-bond acceptors (Lipinski definition) is 1. The van der Waals surface area contributed by atoms with Crippen LogP contribution in [0.25, 0.3) is 0 Å². The molecule has 0 fully saturated rings. The summed E-state index contributed by atoms with van der Waals surface area (Å²) in [7, 11) is 0.